The first kappa shape index (κ1) is 26.9. The first-order chi connectivity index (χ1) is 8.66. The third-order valence-corrected chi connectivity index (χ3v) is 3.16. The van der Waals surface area contributed by atoms with E-state index in [1.54, 1.807) is 12.3 Å². The van der Waals surface area contributed by atoms with Crippen molar-refractivity contribution in [3.63, 3.8) is 0 Å². The van der Waals surface area contributed by atoms with Gasteiger partial charge < -0.3 is 42.0 Å². The van der Waals surface area contributed by atoms with Crippen LogP contribution in [-0.2, 0) is 21.1 Å². The zero-order valence-corrected chi connectivity index (χ0v) is 16.3. The van der Waals surface area contributed by atoms with Gasteiger partial charge in [-0.3, -0.25) is 4.98 Å². The van der Waals surface area contributed by atoms with Crippen LogP contribution in [0.2, 0.25) is 0 Å². The van der Waals surface area contributed by atoms with Gasteiger partial charge in [0.1, 0.15) is 5.82 Å². The molecule has 3 rings (SSSR count). The van der Waals surface area contributed by atoms with Gasteiger partial charge in [0.05, 0.1) is 5.52 Å². The topological polar surface area (TPSA) is 83.1 Å². The van der Waals surface area contributed by atoms with Gasteiger partial charge >= 0.3 is 21.1 Å². The zero-order chi connectivity index (χ0) is 12.7. The van der Waals surface area contributed by atoms with E-state index < -0.39 is 0 Å². The van der Waals surface area contributed by atoms with Gasteiger partial charge in [-0.05, 0) is 23.6 Å². The Hall–Kier alpha value is -0.972. The molecule has 0 saturated heterocycles. The van der Waals surface area contributed by atoms with E-state index in [4.69, 9.17) is 0 Å². The molecule has 0 atom stereocenters. The molecule has 0 aliphatic heterocycles. The van der Waals surface area contributed by atoms with E-state index in [1.807, 2.05) is 49.3 Å². The maximum atomic E-state index is 14.1. The Bertz CT molecular complexity index is 756. The summed E-state index contributed by atoms with van der Waals surface area (Å²) in [7, 11) is 3.81. The molecule has 128 valence electrons. The Morgan fingerprint density at radius 2 is 1.52 bits per heavy atom. The summed E-state index contributed by atoms with van der Waals surface area (Å²) < 4.78 is 14.1. The first-order valence-corrected chi connectivity index (χ1v) is 5.81. The second kappa shape index (κ2) is 10.7. The first-order valence-electron chi connectivity index (χ1n) is 5.81. The molecule has 1 heterocycles. The predicted molar refractivity (Wildman–Crippen MR) is 84.1 cm³/mol. The van der Waals surface area contributed by atoms with Crippen LogP contribution in [-0.4, -0.2) is 19.1 Å². The van der Waals surface area contributed by atoms with E-state index in [-0.39, 0.29) is 64.0 Å². The minimum absolute atomic E-state index is 0. The molecule has 0 unspecified atom stereocenters. The number of hydrogen-bond acceptors (Lipinski definition) is 2. The van der Waals surface area contributed by atoms with Crippen molar-refractivity contribution in [2.45, 2.75) is 0 Å². The summed E-state index contributed by atoms with van der Waals surface area (Å²) in [5, 5.41) is 2.46. The number of halogens is 3. The van der Waals surface area contributed by atoms with Crippen LogP contribution in [0.3, 0.4) is 0 Å². The van der Waals surface area contributed by atoms with E-state index in [1.165, 1.54) is 0 Å². The van der Waals surface area contributed by atoms with Crippen molar-refractivity contribution in [1.29, 1.82) is 0 Å². The number of para-hydroxylation sites is 1. The van der Waals surface area contributed by atoms with Crippen LogP contribution in [0.15, 0.2) is 42.6 Å². The van der Waals surface area contributed by atoms with E-state index in [0.29, 0.717) is 5.39 Å². The Morgan fingerprint density at radius 3 is 2.13 bits per heavy atom. The minimum Gasteiger partial charge on any atom is -1.00 e. The normalized spacial score (nSPS) is 8.65. The van der Waals surface area contributed by atoms with Gasteiger partial charge in [-0.25, -0.2) is 4.39 Å². The number of fused-ring (bicyclic) bond motifs is 3. The quantitative estimate of drug-likeness (QED) is 0.374. The number of pyridine rings is 1. The molecule has 0 bridgehead atoms. The number of nitrogens with zero attached hydrogens (tertiary/aromatic N) is 2. The average Bonchev–Trinajstić information content (AvgIpc) is 2.38. The van der Waals surface area contributed by atoms with E-state index in [2.05, 4.69) is 4.98 Å². The largest absolute Gasteiger partial charge is 4.00 e. The van der Waals surface area contributed by atoms with Crippen LogP contribution in [0.25, 0.3) is 34.0 Å². The summed E-state index contributed by atoms with van der Waals surface area (Å²) in [5.41, 5.74) is 1.75. The third kappa shape index (κ3) is 5.00. The summed E-state index contributed by atoms with van der Waals surface area (Å²) in [6, 6.07) is 11.3. The molecule has 0 spiro atoms. The minimum atomic E-state index is -0.227. The second-order valence-corrected chi connectivity index (χ2v) is 4.56. The van der Waals surface area contributed by atoms with Crippen LogP contribution in [0.5, 0.6) is 0 Å². The van der Waals surface area contributed by atoms with Gasteiger partial charge in [-0.2, -0.15) is 0 Å². The molecular weight excluding hydrogens is 521 g/mol. The van der Waals surface area contributed by atoms with Crippen LogP contribution < -0.4 is 29.7 Å². The van der Waals surface area contributed by atoms with E-state index >= 15 is 0 Å². The summed E-state index contributed by atoms with van der Waals surface area (Å²) in [4.78, 5) is 6.19. The molecular formula is C15H17Cl2FN4Pt. The fraction of sp³-hybridized carbons (Fsp3) is 0.133. The molecule has 0 radical (unpaired) electrons. The van der Waals surface area contributed by atoms with Crippen LogP contribution in [0.4, 0.5) is 10.1 Å². The van der Waals surface area contributed by atoms with Gasteiger partial charge in [-0.1, -0.05) is 18.2 Å². The van der Waals surface area contributed by atoms with Crippen LogP contribution in [0.1, 0.15) is 0 Å². The van der Waals surface area contributed by atoms with Crippen molar-refractivity contribution in [1.82, 2.24) is 4.98 Å². The van der Waals surface area contributed by atoms with Crippen LogP contribution >= 0.6 is 0 Å². The Kier molecular flexibility index (Phi) is 12.6. The molecule has 0 saturated carbocycles. The molecule has 0 aliphatic carbocycles. The van der Waals surface area contributed by atoms with Crippen molar-refractivity contribution in [3.8, 4) is 0 Å². The molecule has 3 aromatic rings. The Labute approximate surface area is 162 Å². The summed E-state index contributed by atoms with van der Waals surface area (Å²) in [6.07, 6.45) is 1.60. The Morgan fingerprint density at radius 1 is 0.913 bits per heavy atom. The Balaban J connectivity index is -0.000000800. The van der Waals surface area contributed by atoms with E-state index in [9.17, 15) is 4.39 Å². The standard InChI is InChI=1S/C15H13FN2.2ClH.2H2N.Pt/c1-18(2)10-7-12-11-5-3-4-6-15(11)17-9-13(12)14(16)8-10;;;;;/h3-9H,1-2H3;2*1H;2*1H2;/q;;;2*-1;+4/p-2. The molecule has 4 nitrogen and oxygen atoms in total. The smallest absolute Gasteiger partial charge is 1.00 e. The fourth-order valence-electron chi connectivity index (χ4n) is 2.16. The van der Waals surface area contributed by atoms with Crippen LogP contribution in [0, 0.1) is 5.82 Å². The van der Waals surface area contributed by atoms with Crippen molar-refractivity contribution in [2.75, 3.05) is 19.0 Å². The number of nitrogens with two attached hydrogens (primary N) is 2. The average molecular weight is 538 g/mol. The zero-order valence-electron chi connectivity index (χ0n) is 12.5. The maximum Gasteiger partial charge on any atom is 4.00 e. The summed E-state index contributed by atoms with van der Waals surface area (Å²) in [6.45, 7) is 0. The summed E-state index contributed by atoms with van der Waals surface area (Å²) in [5.74, 6) is -0.227. The van der Waals surface area contributed by atoms with Crippen molar-refractivity contribution < 1.29 is 50.3 Å². The molecule has 0 fully saturated rings. The predicted octanol–water partition coefficient (Wildman–Crippen LogP) is -0.967. The third-order valence-electron chi connectivity index (χ3n) is 3.16. The van der Waals surface area contributed by atoms with E-state index in [0.717, 1.165) is 22.0 Å². The fourth-order valence-corrected chi connectivity index (χ4v) is 2.16. The number of hydrogen-bond donors (Lipinski definition) is 0. The number of anilines is 1. The van der Waals surface area contributed by atoms with Gasteiger partial charge in [0, 0.05) is 36.8 Å². The molecule has 1 aromatic heterocycles. The molecule has 23 heavy (non-hydrogen) atoms. The SMILES string of the molecule is CN(C)c1cc(F)c2cnc3ccccc3c2c1.[Cl-].[Cl-].[NH2-].[NH2-].[Pt+4]. The van der Waals surface area contributed by atoms with Crippen molar-refractivity contribution >= 4 is 27.4 Å². The monoisotopic (exact) mass is 537 g/mol. The molecule has 0 aliphatic rings. The molecule has 0 amide bonds. The number of rotatable bonds is 1. The van der Waals surface area contributed by atoms with Gasteiger partial charge in [0.15, 0.2) is 0 Å². The second-order valence-electron chi connectivity index (χ2n) is 4.56. The molecule has 2 aromatic carbocycles. The molecule has 8 heteroatoms. The van der Waals surface area contributed by atoms with Gasteiger partial charge in [-0.15, -0.1) is 0 Å². The summed E-state index contributed by atoms with van der Waals surface area (Å²) >= 11 is 0. The van der Waals surface area contributed by atoms with Crippen molar-refractivity contribution in [2.24, 2.45) is 0 Å². The number of benzene rings is 2. The number of aromatic nitrogens is 1. The maximum absolute atomic E-state index is 14.1. The molecule has 4 N–H and O–H groups in total. The van der Waals surface area contributed by atoms with Crippen molar-refractivity contribution in [3.05, 3.63) is 60.7 Å². The van der Waals surface area contributed by atoms with Gasteiger partial charge in [0.25, 0.3) is 0 Å². The van der Waals surface area contributed by atoms with Gasteiger partial charge in [0.2, 0.25) is 0 Å².